The minimum atomic E-state index is -4.41. The maximum Gasteiger partial charge on any atom is 0.416 e. The van der Waals surface area contributed by atoms with Crippen LogP contribution in [0, 0.1) is 0 Å². The Morgan fingerprint density at radius 2 is 1.42 bits per heavy atom. The molecule has 5 heteroatoms. The predicted octanol–water partition coefficient (Wildman–Crippen LogP) is 11.0. The van der Waals surface area contributed by atoms with Gasteiger partial charge in [0.2, 0.25) is 0 Å². The highest BCUT2D eigenvalue weighted by Crippen LogP contribution is 2.60. The summed E-state index contributed by atoms with van der Waals surface area (Å²) < 4.78 is 49.3. The van der Waals surface area contributed by atoms with Crippen LogP contribution in [-0.4, -0.2) is 6.26 Å². The zero-order chi connectivity index (χ0) is 30.0. The summed E-state index contributed by atoms with van der Waals surface area (Å²) in [6, 6.07) is 31.2. The van der Waals surface area contributed by atoms with Crippen LogP contribution in [0.5, 0.6) is 5.75 Å². The average Bonchev–Trinajstić information content (AvgIpc) is 3.35. The number of hydrogen-bond donors (Lipinski definition) is 0. The van der Waals surface area contributed by atoms with Crippen LogP contribution in [-0.2, 0) is 17.2 Å². The predicted molar refractivity (Wildman–Crippen MR) is 171 cm³/mol. The Balaban J connectivity index is 1.55. The number of halogens is 3. The lowest BCUT2D eigenvalue weighted by Crippen LogP contribution is -2.35. The van der Waals surface area contributed by atoms with Crippen molar-refractivity contribution in [2.45, 2.75) is 48.8 Å². The molecule has 2 aliphatic rings. The molecule has 216 valence electrons. The number of benzene rings is 5. The molecule has 1 unspecified atom stereocenters. The van der Waals surface area contributed by atoms with Crippen LogP contribution in [0.15, 0.2) is 108 Å². The molecule has 1 atom stereocenters. The molecule has 0 aromatic heterocycles. The zero-order valence-corrected chi connectivity index (χ0v) is 25.1. The molecule has 5 aromatic rings. The third-order valence-electron chi connectivity index (χ3n) is 9.49. The van der Waals surface area contributed by atoms with E-state index in [0.717, 1.165) is 55.5 Å². The molecule has 1 heterocycles. The van der Waals surface area contributed by atoms with Crippen LogP contribution in [0.1, 0.15) is 60.1 Å². The van der Waals surface area contributed by atoms with Gasteiger partial charge in [0.05, 0.1) is 5.56 Å². The van der Waals surface area contributed by atoms with E-state index in [1.165, 1.54) is 17.0 Å². The number of rotatable bonds is 5. The number of alkyl halides is 3. The summed E-state index contributed by atoms with van der Waals surface area (Å²) in [5.41, 5.74) is 4.63. The van der Waals surface area contributed by atoms with Gasteiger partial charge in [0.15, 0.2) is 5.60 Å². The van der Waals surface area contributed by atoms with Crippen molar-refractivity contribution < 1.29 is 17.9 Å². The second kappa shape index (κ2) is 10.1. The van der Waals surface area contributed by atoms with Gasteiger partial charge in [0, 0.05) is 32.4 Å². The van der Waals surface area contributed by atoms with Crippen LogP contribution in [0.2, 0.25) is 0 Å². The number of fused-ring (bicyclic) bond motifs is 8. The van der Waals surface area contributed by atoms with Crippen molar-refractivity contribution in [3.05, 3.63) is 137 Å². The molecule has 0 radical (unpaired) electrons. The summed E-state index contributed by atoms with van der Waals surface area (Å²) in [5.74, 6) is 0.768. The second-order valence-corrected chi connectivity index (χ2v) is 12.2. The third kappa shape index (κ3) is 4.01. The van der Waals surface area contributed by atoms with Gasteiger partial charge in [-0.05, 0) is 77.1 Å². The first-order chi connectivity index (χ1) is 20.8. The number of ether oxygens (including phenoxy) is 1. The van der Waals surface area contributed by atoms with Gasteiger partial charge in [-0.25, -0.2) is 0 Å². The Kier molecular flexibility index (Phi) is 6.51. The van der Waals surface area contributed by atoms with Gasteiger partial charge >= 0.3 is 6.18 Å². The fraction of sp³-hybridized carbons (Fsp3) is 0.211. The summed E-state index contributed by atoms with van der Waals surface area (Å²) in [5, 5.41) is 1.95. The third-order valence-corrected chi connectivity index (χ3v) is 10.2. The first-order valence-corrected chi connectivity index (χ1v) is 15.9. The van der Waals surface area contributed by atoms with Gasteiger partial charge in [-0.3, -0.25) is 0 Å². The lowest BCUT2D eigenvalue weighted by molar-refractivity contribution is -0.137. The standard InChI is InChI=1S/C38H31F3OS/c1-4-36(5-2)32-23-26(38(39,40)41)17-20-30(32)33-28-13-9-10-14-29(28)35-31(34(33)36)21-22-37(42-35,24-11-7-6-8-12-24)25-15-18-27(43-3)19-16-25/h6-23H,4-5H2,1-3H3. The highest BCUT2D eigenvalue weighted by atomic mass is 32.2. The van der Waals surface area contributed by atoms with E-state index in [9.17, 15) is 13.2 Å². The molecule has 0 saturated carbocycles. The van der Waals surface area contributed by atoms with E-state index in [1.54, 1.807) is 17.8 Å². The molecule has 0 saturated heterocycles. The molecule has 7 rings (SSSR count). The van der Waals surface area contributed by atoms with Gasteiger partial charge < -0.3 is 4.74 Å². The van der Waals surface area contributed by atoms with E-state index in [4.69, 9.17) is 4.74 Å². The Hall–Kier alpha value is -3.96. The van der Waals surface area contributed by atoms with Crippen molar-refractivity contribution in [3.8, 4) is 16.9 Å². The summed E-state index contributed by atoms with van der Waals surface area (Å²) >= 11 is 1.69. The highest BCUT2D eigenvalue weighted by Gasteiger charge is 2.47. The molecule has 0 N–H and O–H groups in total. The van der Waals surface area contributed by atoms with E-state index >= 15 is 0 Å². The van der Waals surface area contributed by atoms with Crippen molar-refractivity contribution in [2.24, 2.45) is 0 Å². The van der Waals surface area contributed by atoms with Crippen molar-refractivity contribution in [1.82, 2.24) is 0 Å². The molecular formula is C38H31F3OS. The van der Waals surface area contributed by atoms with E-state index in [-0.39, 0.29) is 0 Å². The minimum Gasteiger partial charge on any atom is -0.472 e. The number of thioether (sulfide) groups is 1. The van der Waals surface area contributed by atoms with Gasteiger partial charge in [0.1, 0.15) is 5.75 Å². The molecule has 1 aliphatic carbocycles. The average molecular weight is 593 g/mol. The minimum absolute atomic E-state index is 0.583. The molecule has 1 nitrogen and oxygen atoms in total. The van der Waals surface area contributed by atoms with E-state index in [0.29, 0.717) is 12.8 Å². The topological polar surface area (TPSA) is 9.23 Å². The molecule has 0 fully saturated rings. The molecule has 0 bridgehead atoms. The maximum atomic E-state index is 14.0. The first kappa shape index (κ1) is 27.8. The molecular weight excluding hydrogens is 561 g/mol. The molecule has 43 heavy (non-hydrogen) atoms. The molecule has 0 amide bonds. The van der Waals surface area contributed by atoms with Gasteiger partial charge in [-0.15, -0.1) is 11.8 Å². The lowest BCUT2D eigenvalue weighted by atomic mass is 9.71. The van der Waals surface area contributed by atoms with Gasteiger partial charge in [-0.1, -0.05) is 92.7 Å². The zero-order valence-electron chi connectivity index (χ0n) is 24.3. The van der Waals surface area contributed by atoms with Crippen LogP contribution >= 0.6 is 11.8 Å². The van der Waals surface area contributed by atoms with Crippen molar-refractivity contribution in [1.29, 1.82) is 0 Å². The summed E-state index contributed by atoms with van der Waals surface area (Å²) in [6.45, 7) is 4.17. The van der Waals surface area contributed by atoms with Crippen molar-refractivity contribution in [3.63, 3.8) is 0 Å². The normalized spacial score (nSPS) is 18.2. The Bertz CT molecular complexity index is 1890. The van der Waals surface area contributed by atoms with Crippen LogP contribution in [0.3, 0.4) is 0 Å². The fourth-order valence-corrected chi connectivity index (χ4v) is 7.73. The lowest BCUT2D eigenvalue weighted by Gasteiger charge is -2.39. The van der Waals surface area contributed by atoms with Crippen LogP contribution in [0.25, 0.3) is 28.0 Å². The second-order valence-electron chi connectivity index (χ2n) is 11.4. The monoisotopic (exact) mass is 592 g/mol. The quantitative estimate of drug-likeness (QED) is 0.188. The summed E-state index contributed by atoms with van der Waals surface area (Å²) in [6.07, 6.45) is 3.28. The maximum absolute atomic E-state index is 14.0. The number of hydrogen-bond acceptors (Lipinski definition) is 2. The van der Waals surface area contributed by atoms with Crippen molar-refractivity contribution >= 4 is 28.6 Å². The smallest absolute Gasteiger partial charge is 0.416 e. The first-order valence-electron chi connectivity index (χ1n) is 14.7. The molecule has 0 spiro atoms. The van der Waals surface area contributed by atoms with E-state index in [2.05, 4.69) is 80.8 Å². The van der Waals surface area contributed by atoms with Crippen LogP contribution < -0.4 is 4.74 Å². The summed E-state index contributed by atoms with van der Waals surface area (Å²) in [7, 11) is 0. The largest absolute Gasteiger partial charge is 0.472 e. The SMILES string of the molecule is CCC1(CC)c2cc(C(F)(F)F)ccc2-c2c1c1c(c3ccccc23)OC(c2ccccc2)(c2ccc(SC)cc2)C=C1. The Morgan fingerprint density at radius 3 is 2.07 bits per heavy atom. The highest BCUT2D eigenvalue weighted by molar-refractivity contribution is 7.98. The Labute approximate surface area is 254 Å². The van der Waals surface area contributed by atoms with Gasteiger partial charge in [0.25, 0.3) is 0 Å². The van der Waals surface area contributed by atoms with E-state index in [1.807, 2.05) is 30.3 Å². The van der Waals surface area contributed by atoms with Crippen LogP contribution in [0.4, 0.5) is 13.2 Å². The van der Waals surface area contributed by atoms with Gasteiger partial charge in [-0.2, -0.15) is 13.2 Å². The Morgan fingerprint density at radius 1 is 0.767 bits per heavy atom. The van der Waals surface area contributed by atoms with E-state index < -0.39 is 22.8 Å². The molecule has 5 aromatic carbocycles. The fourth-order valence-electron chi connectivity index (χ4n) is 7.32. The summed E-state index contributed by atoms with van der Waals surface area (Å²) in [4.78, 5) is 1.17. The molecule has 1 aliphatic heterocycles. The van der Waals surface area contributed by atoms with Crippen molar-refractivity contribution in [2.75, 3.05) is 6.26 Å².